The zero-order valence-electron chi connectivity index (χ0n) is 28.5. The maximum absolute atomic E-state index is 2.51. The molecule has 1 aliphatic carbocycles. The predicted octanol–water partition coefficient (Wildman–Crippen LogP) is 13.1. The molecule has 0 saturated heterocycles. The van der Waals surface area contributed by atoms with Crippen molar-refractivity contribution < 1.29 is 0 Å². The molecule has 1 heteroatoms. The van der Waals surface area contributed by atoms with Gasteiger partial charge in [0.2, 0.25) is 0 Å². The van der Waals surface area contributed by atoms with E-state index < -0.39 is 5.41 Å². The monoisotopic (exact) mass is 659 g/mol. The molecule has 0 atom stereocenters. The summed E-state index contributed by atoms with van der Waals surface area (Å²) in [4.78, 5) is 0. The van der Waals surface area contributed by atoms with Crippen LogP contribution in [0.1, 0.15) is 22.3 Å². The van der Waals surface area contributed by atoms with Crippen LogP contribution < -0.4 is 0 Å². The molecule has 10 aromatic rings. The van der Waals surface area contributed by atoms with Crippen molar-refractivity contribution in [2.24, 2.45) is 0 Å². The first-order chi connectivity index (χ1) is 25.8. The smallest absolute Gasteiger partial charge is 0.0714 e. The average Bonchev–Trinajstić information content (AvgIpc) is 3.72. The third-order valence-electron chi connectivity index (χ3n) is 11.4. The quantitative estimate of drug-likeness (QED) is 0.177. The highest BCUT2D eigenvalue weighted by atomic mass is 15.0. The molecule has 0 fully saturated rings. The second-order valence-electron chi connectivity index (χ2n) is 14.0. The molecule has 9 aromatic carbocycles. The minimum atomic E-state index is -0.457. The van der Waals surface area contributed by atoms with Gasteiger partial charge >= 0.3 is 0 Å². The second-order valence-corrected chi connectivity index (χ2v) is 14.0. The van der Waals surface area contributed by atoms with Crippen LogP contribution in [0.25, 0.3) is 71.3 Å². The summed E-state index contributed by atoms with van der Waals surface area (Å²) >= 11 is 0. The number of nitrogens with zero attached hydrogens (tertiary/aromatic N) is 1. The summed E-state index contributed by atoms with van der Waals surface area (Å²) in [5.74, 6) is 0. The van der Waals surface area contributed by atoms with Crippen molar-refractivity contribution >= 4 is 43.4 Å². The van der Waals surface area contributed by atoms with Crippen LogP contribution in [0, 0.1) is 0 Å². The van der Waals surface area contributed by atoms with Gasteiger partial charge in [-0.05, 0) is 102 Å². The molecule has 0 unspecified atom stereocenters. The lowest BCUT2D eigenvalue weighted by molar-refractivity contribution is 0.769. The maximum atomic E-state index is 2.51. The van der Waals surface area contributed by atoms with Crippen molar-refractivity contribution in [1.82, 2.24) is 4.57 Å². The number of hydrogen-bond acceptors (Lipinski definition) is 0. The summed E-state index contributed by atoms with van der Waals surface area (Å²) < 4.78 is 2.40. The van der Waals surface area contributed by atoms with E-state index >= 15 is 0 Å². The number of para-hydroxylation sites is 2. The molecule has 1 aliphatic rings. The van der Waals surface area contributed by atoms with E-state index in [1.54, 1.807) is 0 Å². The Morgan fingerprint density at radius 1 is 0.346 bits per heavy atom. The van der Waals surface area contributed by atoms with Crippen molar-refractivity contribution in [3.05, 3.63) is 222 Å². The zero-order valence-corrected chi connectivity index (χ0v) is 28.5. The lowest BCUT2D eigenvalue weighted by atomic mass is 9.67. The Morgan fingerprint density at radius 2 is 0.885 bits per heavy atom. The van der Waals surface area contributed by atoms with Crippen molar-refractivity contribution in [2.45, 2.75) is 5.41 Å². The molecule has 0 N–H and O–H groups in total. The number of rotatable bonds is 4. The molecule has 52 heavy (non-hydrogen) atoms. The number of aromatic nitrogens is 1. The summed E-state index contributed by atoms with van der Waals surface area (Å²) in [6.07, 6.45) is 0. The second kappa shape index (κ2) is 11.2. The fourth-order valence-corrected chi connectivity index (χ4v) is 9.28. The van der Waals surface area contributed by atoms with Gasteiger partial charge in [0.1, 0.15) is 0 Å². The molecule has 1 aromatic heterocycles. The first-order valence-corrected chi connectivity index (χ1v) is 18.1. The van der Waals surface area contributed by atoms with Gasteiger partial charge in [0.15, 0.2) is 0 Å². The Bertz CT molecular complexity index is 2910. The molecule has 0 spiro atoms. The Morgan fingerprint density at radius 3 is 1.58 bits per heavy atom. The lowest BCUT2D eigenvalue weighted by Crippen LogP contribution is -2.28. The Labute approximate surface area is 302 Å². The van der Waals surface area contributed by atoms with E-state index in [2.05, 4.69) is 205 Å². The van der Waals surface area contributed by atoms with Crippen LogP contribution in [0.15, 0.2) is 200 Å². The summed E-state index contributed by atoms with van der Waals surface area (Å²) in [6.45, 7) is 0. The third-order valence-corrected chi connectivity index (χ3v) is 11.4. The van der Waals surface area contributed by atoms with Crippen molar-refractivity contribution in [1.29, 1.82) is 0 Å². The van der Waals surface area contributed by atoms with Crippen LogP contribution in [-0.2, 0) is 5.41 Å². The van der Waals surface area contributed by atoms with E-state index in [0.717, 1.165) is 0 Å². The highest BCUT2D eigenvalue weighted by Gasteiger charge is 2.46. The van der Waals surface area contributed by atoms with Gasteiger partial charge < -0.3 is 4.57 Å². The maximum Gasteiger partial charge on any atom is 0.0714 e. The van der Waals surface area contributed by atoms with Gasteiger partial charge in [0.05, 0.1) is 16.4 Å². The molecule has 1 nitrogen and oxygen atoms in total. The highest BCUT2D eigenvalue weighted by Crippen LogP contribution is 2.59. The van der Waals surface area contributed by atoms with Crippen LogP contribution in [0.5, 0.6) is 0 Å². The van der Waals surface area contributed by atoms with E-state index in [1.807, 2.05) is 0 Å². The minimum absolute atomic E-state index is 0.457. The van der Waals surface area contributed by atoms with Gasteiger partial charge in [-0.25, -0.2) is 0 Å². The van der Waals surface area contributed by atoms with Crippen molar-refractivity contribution in [3.63, 3.8) is 0 Å². The summed E-state index contributed by atoms with van der Waals surface area (Å²) in [5.41, 5.74) is 13.5. The van der Waals surface area contributed by atoms with E-state index in [9.17, 15) is 0 Å². The molecular formula is C51H33N. The van der Waals surface area contributed by atoms with Gasteiger partial charge in [-0.1, -0.05) is 164 Å². The lowest BCUT2D eigenvalue weighted by Gasteiger charge is -2.34. The van der Waals surface area contributed by atoms with Crippen molar-refractivity contribution in [3.8, 4) is 27.9 Å². The Kier molecular flexibility index (Phi) is 6.23. The minimum Gasteiger partial charge on any atom is -0.309 e. The Balaban J connectivity index is 1.15. The van der Waals surface area contributed by atoms with Gasteiger partial charge in [0, 0.05) is 16.5 Å². The number of hydrogen-bond donors (Lipinski definition) is 0. The molecule has 0 radical (unpaired) electrons. The SMILES string of the molecule is c1ccc(C2(c3ccccc3)c3ccccc3-c3c2cc(-c2ccc4cc(-n5c6ccccc6c6ccccc65)ccc4c2)c2ccccc32)cc1. The topological polar surface area (TPSA) is 4.93 Å². The predicted molar refractivity (Wildman–Crippen MR) is 219 cm³/mol. The standard InChI is InChI=1S/C51H33N/c1-3-15-37(16-4-1)51(38-17-5-2-6-18-38)46-24-12-9-23-44(46)50-43-22-8-7-19-40(43)45(33-47(50)51)36-28-27-35-32-39(30-29-34(35)31-36)52-48-25-13-10-20-41(48)42-21-11-14-26-49(42)52/h1-33H. The molecule has 0 aliphatic heterocycles. The number of benzene rings is 9. The Hall–Kier alpha value is -6.70. The van der Waals surface area contributed by atoms with Gasteiger partial charge in [0.25, 0.3) is 0 Å². The number of fused-ring (bicyclic) bond motifs is 9. The largest absolute Gasteiger partial charge is 0.309 e. The molecule has 11 rings (SSSR count). The first kappa shape index (κ1) is 29.1. The van der Waals surface area contributed by atoms with Crippen molar-refractivity contribution in [2.75, 3.05) is 0 Å². The van der Waals surface area contributed by atoms with Gasteiger partial charge in [-0.3, -0.25) is 0 Å². The highest BCUT2D eigenvalue weighted by molar-refractivity contribution is 6.11. The van der Waals surface area contributed by atoms with Gasteiger partial charge in [-0.15, -0.1) is 0 Å². The van der Waals surface area contributed by atoms with E-state index in [-0.39, 0.29) is 0 Å². The molecule has 242 valence electrons. The van der Waals surface area contributed by atoms with Crippen LogP contribution in [-0.4, -0.2) is 4.57 Å². The molecule has 1 heterocycles. The molecule has 0 saturated carbocycles. The molecule has 0 bridgehead atoms. The fourth-order valence-electron chi connectivity index (χ4n) is 9.28. The van der Waals surface area contributed by atoms with Crippen LogP contribution in [0.3, 0.4) is 0 Å². The first-order valence-electron chi connectivity index (χ1n) is 18.1. The summed E-state index contributed by atoms with van der Waals surface area (Å²) in [5, 5.41) is 7.57. The van der Waals surface area contributed by atoms with Crippen LogP contribution in [0.4, 0.5) is 0 Å². The third kappa shape index (κ3) is 3.99. The summed E-state index contributed by atoms with van der Waals surface area (Å²) in [7, 11) is 0. The molecular weight excluding hydrogens is 627 g/mol. The normalized spacial score (nSPS) is 13.2. The van der Waals surface area contributed by atoms with Crippen LogP contribution >= 0.6 is 0 Å². The van der Waals surface area contributed by atoms with E-state index in [1.165, 1.54) is 93.5 Å². The van der Waals surface area contributed by atoms with Gasteiger partial charge in [-0.2, -0.15) is 0 Å². The van der Waals surface area contributed by atoms with E-state index in [0.29, 0.717) is 0 Å². The summed E-state index contributed by atoms with van der Waals surface area (Å²) in [6, 6.07) is 74.1. The zero-order chi connectivity index (χ0) is 34.2. The fraction of sp³-hybridized carbons (Fsp3) is 0.0196. The van der Waals surface area contributed by atoms with Crippen LogP contribution in [0.2, 0.25) is 0 Å². The molecule has 0 amide bonds. The van der Waals surface area contributed by atoms with E-state index in [4.69, 9.17) is 0 Å². The average molecular weight is 660 g/mol.